The smallest absolute Gasteiger partial charge is 0.0967 e. The van der Waals surface area contributed by atoms with Crippen molar-refractivity contribution in [2.24, 2.45) is 0 Å². The normalized spacial score (nSPS) is 11.1. The van der Waals surface area contributed by atoms with Crippen LogP contribution in [0, 0.1) is 6.92 Å². The summed E-state index contributed by atoms with van der Waals surface area (Å²) < 4.78 is 0. The van der Waals surface area contributed by atoms with E-state index < -0.39 is 0 Å². The van der Waals surface area contributed by atoms with E-state index in [4.69, 9.17) is 0 Å². The minimum absolute atomic E-state index is 0.975. The van der Waals surface area contributed by atoms with E-state index in [9.17, 15) is 0 Å². The third-order valence-electron chi connectivity index (χ3n) is 4.88. The molecule has 4 rings (SSSR count). The molecule has 0 atom stereocenters. The molecule has 25 heavy (non-hydrogen) atoms. The minimum atomic E-state index is 0.975. The summed E-state index contributed by atoms with van der Waals surface area (Å²) in [6.07, 6.45) is 7.65. The highest BCUT2D eigenvalue weighted by Gasteiger charge is 2.09. The van der Waals surface area contributed by atoms with Gasteiger partial charge in [0.1, 0.15) is 0 Å². The Labute approximate surface area is 147 Å². The van der Waals surface area contributed by atoms with Crippen molar-refractivity contribution in [2.75, 3.05) is 0 Å². The van der Waals surface area contributed by atoms with E-state index in [0.29, 0.717) is 0 Å². The monoisotopic (exact) mass is 324 g/mol. The Morgan fingerprint density at radius 3 is 2.64 bits per heavy atom. The van der Waals surface area contributed by atoms with Gasteiger partial charge in [0.05, 0.1) is 11.0 Å². The lowest BCUT2D eigenvalue weighted by molar-refractivity contribution is 0.952. The van der Waals surface area contributed by atoms with Gasteiger partial charge in [-0.25, -0.2) is 0 Å². The summed E-state index contributed by atoms with van der Waals surface area (Å²) in [7, 11) is 0. The van der Waals surface area contributed by atoms with E-state index in [0.717, 1.165) is 29.3 Å². The summed E-state index contributed by atoms with van der Waals surface area (Å²) in [6, 6.07) is 16.9. The van der Waals surface area contributed by atoms with Gasteiger partial charge in [-0.2, -0.15) is 0 Å². The maximum atomic E-state index is 4.60. The first-order valence-electron chi connectivity index (χ1n) is 8.60. The Bertz CT molecular complexity index is 1080. The quantitative estimate of drug-likeness (QED) is 0.462. The Kier molecular flexibility index (Phi) is 4.02. The number of aromatic nitrogens is 2. The Balaban J connectivity index is 1.76. The highest BCUT2D eigenvalue weighted by molar-refractivity contribution is 6.03. The molecule has 2 heterocycles. The van der Waals surface area contributed by atoms with Gasteiger partial charge in [0.25, 0.3) is 0 Å². The van der Waals surface area contributed by atoms with Crippen LogP contribution in [0.5, 0.6) is 0 Å². The summed E-state index contributed by atoms with van der Waals surface area (Å²) in [5.74, 6) is 0. The second kappa shape index (κ2) is 6.48. The zero-order valence-electron chi connectivity index (χ0n) is 14.4. The first-order chi connectivity index (χ1) is 12.3. The fourth-order valence-corrected chi connectivity index (χ4v) is 3.55. The predicted octanol–water partition coefficient (Wildman–Crippen LogP) is 5.52. The van der Waals surface area contributed by atoms with Crippen LogP contribution >= 0.6 is 0 Å². The zero-order valence-corrected chi connectivity index (χ0v) is 14.4. The average molecular weight is 324 g/mol. The van der Waals surface area contributed by atoms with Crippen LogP contribution in [0.2, 0.25) is 0 Å². The molecule has 122 valence electrons. The summed E-state index contributed by atoms with van der Waals surface area (Å²) in [4.78, 5) is 9.13. The van der Waals surface area contributed by atoms with Gasteiger partial charge in [-0.15, -0.1) is 0 Å². The molecular formula is C23H20N2. The Morgan fingerprint density at radius 2 is 1.76 bits per heavy atom. The molecule has 0 spiro atoms. The molecule has 2 aromatic heterocycles. The lowest BCUT2D eigenvalue weighted by Gasteiger charge is -2.12. The summed E-state index contributed by atoms with van der Waals surface area (Å²) in [5.41, 5.74) is 7.21. The van der Waals surface area contributed by atoms with Gasteiger partial charge in [-0.1, -0.05) is 49.1 Å². The molecule has 0 amide bonds. The van der Waals surface area contributed by atoms with Gasteiger partial charge in [0.2, 0.25) is 0 Å². The van der Waals surface area contributed by atoms with E-state index in [1.165, 1.54) is 27.6 Å². The zero-order chi connectivity index (χ0) is 17.2. The lowest BCUT2D eigenvalue weighted by Crippen LogP contribution is -1.98. The van der Waals surface area contributed by atoms with Crippen molar-refractivity contribution in [1.82, 2.24) is 9.97 Å². The van der Waals surface area contributed by atoms with Crippen molar-refractivity contribution in [1.29, 1.82) is 0 Å². The first kappa shape index (κ1) is 15.5. The van der Waals surface area contributed by atoms with Gasteiger partial charge >= 0.3 is 0 Å². The molecule has 0 unspecified atom stereocenters. The van der Waals surface area contributed by atoms with E-state index in [-0.39, 0.29) is 0 Å². The van der Waals surface area contributed by atoms with Crippen LogP contribution in [0.15, 0.2) is 67.5 Å². The van der Waals surface area contributed by atoms with Crippen LogP contribution in [0.3, 0.4) is 0 Å². The molecule has 4 aromatic rings. The third kappa shape index (κ3) is 2.80. The number of nitrogens with zero attached hydrogens (tertiary/aromatic N) is 2. The maximum Gasteiger partial charge on any atom is 0.0967 e. The summed E-state index contributed by atoms with van der Waals surface area (Å²) >= 11 is 0. The van der Waals surface area contributed by atoms with E-state index >= 15 is 0 Å². The molecule has 0 bridgehead atoms. The lowest BCUT2D eigenvalue weighted by atomic mass is 9.94. The topological polar surface area (TPSA) is 25.8 Å². The Hall–Kier alpha value is -3.00. The molecule has 0 aliphatic heterocycles. The number of aryl methyl sites for hydroxylation is 2. The molecule has 2 heteroatoms. The van der Waals surface area contributed by atoms with Crippen molar-refractivity contribution in [3.05, 3.63) is 89.8 Å². The number of hydrogen-bond acceptors (Lipinski definition) is 2. The molecule has 0 aliphatic carbocycles. The minimum Gasteiger partial charge on any atom is -0.254 e. The van der Waals surface area contributed by atoms with Crippen LogP contribution in [0.4, 0.5) is 0 Å². The SMILES string of the molecule is C=Cc1cccc(C)c1CCc1ccnc2c1ccc1cccnc12. The van der Waals surface area contributed by atoms with Crippen molar-refractivity contribution in [3.63, 3.8) is 0 Å². The van der Waals surface area contributed by atoms with Crippen LogP contribution in [0.25, 0.3) is 27.9 Å². The van der Waals surface area contributed by atoms with Gasteiger partial charge in [0.15, 0.2) is 0 Å². The van der Waals surface area contributed by atoms with Crippen LogP contribution in [0.1, 0.15) is 22.3 Å². The van der Waals surface area contributed by atoms with Crippen molar-refractivity contribution in [2.45, 2.75) is 19.8 Å². The number of pyridine rings is 2. The molecule has 0 radical (unpaired) electrons. The molecule has 0 aliphatic rings. The van der Waals surface area contributed by atoms with Crippen molar-refractivity contribution >= 4 is 27.9 Å². The molecule has 0 fully saturated rings. The van der Waals surface area contributed by atoms with E-state index in [2.05, 4.69) is 65.9 Å². The van der Waals surface area contributed by atoms with Crippen LogP contribution in [-0.2, 0) is 12.8 Å². The van der Waals surface area contributed by atoms with E-state index in [1.807, 2.05) is 24.5 Å². The molecule has 0 saturated heterocycles. The van der Waals surface area contributed by atoms with E-state index in [1.54, 1.807) is 0 Å². The number of hydrogen-bond donors (Lipinski definition) is 0. The average Bonchev–Trinajstić information content (AvgIpc) is 2.66. The molecule has 0 saturated carbocycles. The maximum absolute atomic E-state index is 4.60. The summed E-state index contributed by atoms with van der Waals surface area (Å²) in [6.45, 7) is 6.12. The largest absolute Gasteiger partial charge is 0.254 e. The van der Waals surface area contributed by atoms with Crippen LogP contribution < -0.4 is 0 Å². The number of benzene rings is 2. The van der Waals surface area contributed by atoms with Crippen molar-refractivity contribution in [3.8, 4) is 0 Å². The fraction of sp³-hybridized carbons (Fsp3) is 0.130. The molecule has 2 aromatic carbocycles. The highest BCUT2D eigenvalue weighted by atomic mass is 14.7. The molecule has 2 nitrogen and oxygen atoms in total. The van der Waals surface area contributed by atoms with Crippen LogP contribution in [-0.4, -0.2) is 9.97 Å². The third-order valence-corrected chi connectivity index (χ3v) is 4.88. The number of rotatable bonds is 4. The highest BCUT2D eigenvalue weighted by Crippen LogP contribution is 2.26. The second-order valence-corrected chi connectivity index (χ2v) is 6.35. The molecule has 0 N–H and O–H groups in total. The molecular weight excluding hydrogens is 304 g/mol. The first-order valence-corrected chi connectivity index (χ1v) is 8.60. The predicted molar refractivity (Wildman–Crippen MR) is 106 cm³/mol. The van der Waals surface area contributed by atoms with Crippen molar-refractivity contribution < 1.29 is 0 Å². The number of fused-ring (bicyclic) bond motifs is 3. The Morgan fingerprint density at radius 1 is 0.880 bits per heavy atom. The second-order valence-electron chi connectivity index (χ2n) is 6.35. The standard InChI is InChI=1S/C23H20N2/c1-3-17-7-4-6-16(2)20(17)11-9-18-13-15-25-23-21(18)12-10-19-8-5-14-24-22(19)23/h3-8,10,12-15H,1,9,11H2,2H3. The van der Waals surface area contributed by atoms with Gasteiger partial charge in [-0.3, -0.25) is 9.97 Å². The van der Waals surface area contributed by atoms with Gasteiger partial charge < -0.3 is 0 Å². The fourth-order valence-electron chi connectivity index (χ4n) is 3.55. The van der Waals surface area contributed by atoms with Gasteiger partial charge in [-0.05, 0) is 54.2 Å². The van der Waals surface area contributed by atoms with Gasteiger partial charge in [0, 0.05) is 23.2 Å². The summed E-state index contributed by atoms with van der Waals surface area (Å²) in [5, 5.41) is 2.33.